The molecule has 0 aromatic carbocycles. The van der Waals surface area contributed by atoms with Gasteiger partial charge in [0.1, 0.15) is 0 Å². The number of hydrogen-bond donors (Lipinski definition) is 2. The zero-order valence-corrected chi connectivity index (χ0v) is 10.8. The maximum atomic E-state index is 11.8. The van der Waals surface area contributed by atoms with Crippen molar-refractivity contribution >= 4 is 34.6 Å². The van der Waals surface area contributed by atoms with Crippen LogP contribution < -0.4 is 11.1 Å². The first kappa shape index (κ1) is 13.0. The van der Waals surface area contributed by atoms with Crippen LogP contribution in [0.5, 0.6) is 0 Å². The molecule has 0 saturated heterocycles. The van der Waals surface area contributed by atoms with Crippen LogP contribution in [0, 0.1) is 0 Å². The van der Waals surface area contributed by atoms with Crippen molar-refractivity contribution in [3.63, 3.8) is 0 Å². The minimum absolute atomic E-state index is 0.287. The standard InChI is InChI=1S/C9H14N4OS2/c1-3-9(4-2,8(10)15)11-7(14)6-5-16-13-12-6/h5H,3-4H2,1-2H3,(H2,10,15)(H,11,14). The van der Waals surface area contributed by atoms with Gasteiger partial charge in [-0.1, -0.05) is 30.6 Å². The van der Waals surface area contributed by atoms with Crippen molar-refractivity contribution in [3.05, 3.63) is 11.1 Å². The first-order valence-electron chi connectivity index (χ1n) is 4.95. The van der Waals surface area contributed by atoms with E-state index in [0.29, 0.717) is 23.5 Å². The number of nitrogens with one attached hydrogen (secondary N) is 1. The van der Waals surface area contributed by atoms with Gasteiger partial charge >= 0.3 is 0 Å². The summed E-state index contributed by atoms with van der Waals surface area (Å²) in [6, 6.07) is 0. The second-order valence-corrected chi connectivity index (χ2v) is 4.45. The Kier molecular flexibility index (Phi) is 4.31. The highest BCUT2D eigenvalue weighted by atomic mass is 32.1. The van der Waals surface area contributed by atoms with E-state index in [9.17, 15) is 4.79 Å². The van der Waals surface area contributed by atoms with Crippen LogP contribution in [0.25, 0.3) is 0 Å². The van der Waals surface area contributed by atoms with Crippen molar-refractivity contribution in [1.29, 1.82) is 0 Å². The van der Waals surface area contributed by atoms with Crippen LogP contribution in [-0.2, 0) is 0 Å². The molecule has 0 aliphatic rings. The van der Waals surface area contributed by atoms with Gasteiger partial charge in [-0.2, -0.15) is 0 Å². The number of hydrogen-bond acceptors (Lipinski definition) is 5. The van der Waals surface area contributed by atoms with E-state index in [1.165, 1.54) is 0 Å². The largest absolute Gasteiger partial charge is 0.391 e. The van der Waals surface area contributed by atoms with E-state index in [4.69, 9.17) is 18.0 Å². The average Bonchev–Trinajstić information content (AvgIpc) is 2.78. The highest BCUT2D eigenvalue weighted by molar-refractivity contribution is 7.80. The van der Waals surface area contributed by atoms with E-state index in [1.54, 1.807) is 5.38 Å². The smallest absolute Gasteiger partial charge is 0.273 e. The highest BCUT2D eigenvalue weighted by Crippen LogP contribution is 2.16. The van der Waals surface area contributed by atoms with Crippen LogP contribution in [0.3, 0.4) is 0 Å². The van der Waals surface area contributed by atoms with Crippen LogP contribution in [-0.4, -0.2) is 26.0 Å². The quantitative estimate of drug-likeness (QED) is 0.773. The monoisotopic (exact) mass is 258 g/mol. The molecule has 88 valence electrons. The molecule has 1 aromatic rings. The van der Waals surface area contributed by atoms with Crippen LogP contribution in [0.15, 0.2) is 5.38 Å². The molecule has 0 radical (unpaired) electrons. The molecule has 16 heavy (non-hydrogen) atoms. The lowest BCUT2D eigenvalue weighted by molar-refractivity contribution is 0.0914. The Hall–Kier alpha value is -1.08. The van der Waals surface area contributed by atoms with Crippen LogP contribution in [0.1, 0.15) is 37.2 Å². The predicted molar refractivity (Wildman–Crippen MR) is 67.5 cm³/mol. The Labute approximate surface area is 104 Å². The number of nitrogens with two attached hydrogens (primary N) is 1. The van der Waals surface area contributed by atoms with Gasteiger partial charge in [-0.25, -0.2) is 0 Å². The average molecular weight is 258 g/mol. The molecule has 0 aliphatic heterocycles. The summed E-state index contributed by atoms with van der Waals surface area (Å²) in [5.74, 6) is -0.287. The molecule has 5 nitrogen and oxygen atoms in total. The van der Waals surface area contributed by atoms with Gasteiger partial charge in [-0.3, -0.25) is 4.79 Å². The maximum Gasteiger partial charge on any atom is 0.273 e. The van der Waals surface area contributed by atoms with Gasteiger partial charge in [0.2, 0.25) is 0 Å². The Morgan fingerprint density at radius 2 is 2.25 bits per heavy atom. The van der Waals surface area contributed by atoms with Crippen LogP contribution >= 0.6 is 23.8 Å². The summed E-state index contributed by atoms with van der Waals surface area (Å²) in [7, 11) is 0. The van der Waals surface area contributed by atoms with E-state index in [-0.39, 0.29) is 5.91 Å². The molecule has 1 heterocycles. The van der Waals surface area contributed by atoms with Crippen molar-refractivity contribution in [1.82, 2.24) is 14.9 Å². The van der Waals surface area contributed by atoms with Gasteiger partial charge in [0.15, 0.2) is 5.69 Å². The second-order valence-electron chi connectivity index (χ2n) is 3.40. The van der Waals surface area contributed by atoms with Gasteiger partial charge in [0, 0.05) is 5.38 Å². The number of thiocarbonyl (C=S) groups is 1. The molecule has 0 atom stereocenters. The number of amides is 1. The predicted octanol–water partition coefficient (Wildman–Crippen LogP) is 1.11. The van der Waals surface area contributed by atoms with Crippen molar-refractivity contribution in [2.24, 2.45) is 5.73 Å². The number of carbonyl (C=O) groups is 1. The van der Waals surface area contributed by atoms with E-state index in [1.807, 2.05) is 13.8 Å². The van der Waals surface area contributed by atoms with Crippen molar-refractivity contribution < 1.29 is 4.79 Å². The molecule has 0 aliphatic carbocycles. The summed E-state index contributed by atoms with van der Waals surface area (Å²) in [6.07, 6.45) is 1.31. The van der Waals surface area contributed by atoms with Crippen molar-refractivity contribution in [2.45, 2.75) is 32.2 Å². The fourth-order valence-electron chi connectivity index (χ4n) is 1.38. The molecule has 1 aromatic heterocycles. The van der Waals surface area contributed by atoms with Gasteiger partial charge in [0.05, 0.1) is 10.5 Å². The topological polar surface area (TPSA) is 80.9 Å². The third kappa shape index (κ3) is 2.53. The summed E-state index contributed by atoms with van der Waals surface area (Å²) in [5, 5.41) is 8.12. The summed E-state index contributed by atoms with van der Waals surface area (Å²) >= 11 is 6.14. The summed E-state index contributed by atoms with van der Waals surface area (Å²) in [5.41, 5.74) is 5.35. The molecule has 7 heteroatoms. The lowest BCUT2D eigenvalue weighted by Crippen LogP contribution is -2.56. The van der Waals surface area contributed by atoms with Crippen LogP contribution in [0.2, 0.25) is 0 Å². The lowest BCUT2D eigenvalue weighted by atomic mass is 9.92. The third-order valence-corrected chi connectivity index (χ3v) is 3.52. The van der Waals surface area contributed by atoms with Crippen molar-refractivity contribution in [2.75, 3.05) is 0 Å². The first-order chi connectivity index (χ1) is 7.55. The van der Waals surface area contributed by atoms with E-state index >= 15 is 0 Å². The Morgan fingerprint density at radius 3 is 2.62 bits per heavy atom. The molecular formula is C9H14N4OS2. The molecule has 0 unspecified atom stereocenters. The summed E-state index contributed by atoms with van der Waals surface area (Å²) in [4.78, 5) is 12.1. The highest BCUT2D eigenvalue weighted by Gasteiger charge is 2.32. The fraction of sp³-hybridized carbons (Fsp3) is 0.556. The van der Waals surface area contributed by atoms with Gasteiger partial charge in [0.25, 0.3) is 5.91 Å². The van der Waals surface area contributed by atoms with Gasteiger partial charge in [-0.05, 0) is 24.4 Å². The number of rotatable bonds is 5. The molecule has 1 amide bonds. The minimum Gasteiger partial charge on any atom is -0.391 e. The SMILES string of the molecule is CCC(CC)(NC(=O)c1csnn1)C(N)=S. The van der Waals surface area contributed by atoms with E-state index in [0.717, 1.165) is 11.5 Å². The maximum absolute atomic E-state index is 11.8. The molecule has 0 fully saturated rings. The number of nitrogens with zero attached hydrogens (tertiary/aromatic N) is 2. The van der Waals surface area contributed by atoms with Crippen molar-refractivity contribution in [3.8, 4) is 0 Å². The lowest BCUT2D eigenvalue weighted by Gasteiger charge is -2.31. The zero-order valence-electron chi connectivity index (χ0n) is 9.19. The summed E-state index contributed by atoms with van der Waals surface area (Å²) in [6.45, 7) is 3.87. The third-order valence-electron chi connectivity index (χ3n) is 2.62. The molecule has 0 spiro atoms. The normalized spacial score (nSPS) is 11.1. The minimum atomic E-state index is -0.629. The molecule has 0 bridgehead atoms. The van der Waals surface area contributed by atoms with E-state index < -0.39 is 5.54 Å². The zero-order chi connectivity index (χ0) is 12.2. The molecule has 0 saturated carbocycles. The van der Waals surface area contributed by atoms with Crippen LogP contribution in [0.4, 0.5) is 0 Å². The van der Waals surface area contributed by atoms with Gasteiger partial charge < -0.3 is 11.1 Å². The Morgan fingerprint density at radius 1 is 1.62 bits per heavy atom. The molecular weight excluding hydrogens is 244 g/mol. The first-order valence-corrected chi connectivity index (χ1v) is 6.19. The second kappa shape index (κ2) is 5.31. The number of carbonyl (C=O) groups excluding carboxylic acids is 1. The number of aromatic nitrogens is 2. The van der Waals surface area contributed by atoms with E-state index in [2.05, 4.69) is 14.9 Å². The van der Waals surface area contributed by atoms with Gasteiger partial charge in [-0.15, -0.1) is 5.10 Å². The molecule has 1 rings (SSSR count). The molecule has 3 N–H and O–H groups in total. The Bertz CT molecular complexity index is 373. The fourth-order valence-corrected chi connectivity index (χ4v) is 2.16. The Balaban J connectivity index is 2.84. The summed E-state index contributed by atoms with van der Waals surface area (Å²) < 4.78 is 3.64.